The van der Waals surface area contributed by atoms with E-state index >= 15 is 0 Å². The molecule has 32 heavy (non-hydrogen) atoms. The molecule has 0 aromatic heterocycles. The summed E-state index contributed by atoms with van der Waals surface area (Å²) in [6, 6.07) is 11.2. The van der Waals surface area contributed by atoms with Gasteiger partial charge >= 0.3 is 0 Å². The van der Waals surface area contributed by atoms with Crippen LogP contribution in [0.15, 0.2) is 48.5 Å². The Hall–Kier alpha value is -3.14. The molecule has 0 aliphatic carbocycles. The highest BCUT2D eigenvalue weighted by atomic mass is 32.2. The topological polar surface area (TPSA) is 96.0 Å². The average Bonchev–Trinajstić information content (AvgIpc) is 2.76. The predicted octanol–water partition coefficient (Wildman–Crippen LogP) is 2.15. The molecule has 10 heteroatoms. The monoisotopic (exact) mass is 465 g/mol. The highest BCUT2D eigenvalue weighted by molar-refractivity contribution is 7.92. The zero-order valence-corrected chi connectivity index (χ0v) is 19.4. The molecule has 0 fully saturated rings. The van der Waals surface area contributed by atoms with Crippen LogP contribution in [0.25, 0.3) is 0 Å². The maximum Gasteiger partial charge on any atom is 0.244 e. The highest BCUT2D eigenvalue weighted by Crippen LogP contribution is 2.21. The van der Waals surface area contributed by atoms with E-state index in [0.29, 0.717) is 17.7 Å². The number of methoxy groups -OCH3 is 1. The van der Waals surface area contributed by atoms with Crippen LogP contribution in [0.2, 0.25) is 0 Å². The zero-order chi connectivity index (χ0) is 23.9. The number of hydrogen-bond donors (Lipinski definition) is 1. The molecule has 174 valence electrons. The Morgan fingerprint density at radius 1 is 1.16 bits per heavy atom. The molecule has 2 rings (SSSR count). The summed E-state index contributed by atoms with van der Waals surface area (Å²) in [5.74, 6) is -1.02. The minimum atomic E-state index is -3.91. The molecule has 8 nitrogen and oxygen atoms in total. The molecular weight excluding hydrogens is 437 g/mol. The Bertz CT molecular complexity index is 1060. The third-order valence-corrected chi connectivity index (χ3v) is 6.04. The van der Waals surface area contributed by atoms with E-state index in [1.807, 2.05) is 0 Å². The fourth-order valence-electron chi connectivity index (χ4n) is 3.30. The Morgan fingerprint density at radius 2 is 1.84 bits per heavy atom. The van der Waals surface area contributed by atoms with Gasteiger partial charge in [0.1, 0.15) is 24.2 Å². The molecule has 0 spiro atoms. The number of hydrogen-bond acceptors (Lipinski definition) is 5. The number of ether oxygens (including phenoxy) is 1. The van der Waals surface area contributed by atoms with Gasteiger partial charge in [0.05, 0.1) is 19.1 Å². The number of likely N-dealkylation sites (N-methyl/N-ethyl adjacent to an activating group) is 1. The summed E-state index contributed by atoms with van der Waals surface area (Å²) >= 11 is 0. The molecular formula is C22H28FN3O5S. The van der Waals surface area contributed by atoms with Gasteiger partial charge in [-0.05, 0) is 42.3 Å². The lowest BCUT2D eigenvalue weighted by atomic mass is 10.1. The number of anilines is 1. The smallest absolute Gasteiger partial charge is 0.244 e. The van der Waals surface area contributed by atoms with Crippen molar-refractivity contribution < 1.29 is 27.1 Å². The number of amides is 2. The van der Waals surface area contributed by atoms with Crippen LogP contribution in [0, 0.1) is 5.82 Å². The van der Waals surface area contributed by atoms with E-state index in [4.69, 9.17) is 4.74 Å². The molecule has 1 atom stereocenters. The van der Waals surface area contributed by atoms with Crippen molar-refractivity contribution in [3.63, 3.8) is 0 Å². The van der Waals surface area contributed by atoms with E-state index < -0.39 is 34.3 Å². The van der Waals surface area contributed by atoms with Crippen molar-refractivity contribution in [2.24, 2.45) is 0 Å². The van der Waals surface area contributed by atoms with Gasteiger partial charge in [0.2, 0.25) is 21.8 Å². The summed E-state index contributed by atoms with van der Waals surface area (Å²) in [6.07, 6.45) is 1.25. The molecule has 1 N–H and O–H groups in total. The van der Waals surface area contributed by atoms with Crippen molar-refractivity contribution in [2.75, 3.05) is 31.3 Å². The number of rotatable bonds is 10. The molecule has 0 heterocycles. The standard InChI is InChI=1S/C22H28FN3O5S/c1-5-20(22(28)24-2)25(14-16-8-6-11-19(12-16)31-3)21(27)15-26(32(4,29)30)18-10-7-9-17(23)13-18/h6-13,20H,5,14-15H2,1-4H3,(H,24,28)/t20-/m0/s1. The first-order valence-electron chi connectivity index (χ1n) is 9.98. The Morgan fingerprint density at radius 3 is 2.41 bits per heavy atom. The zero-order valence-electron chi connectivity index (χ0n) is 18.5. The van der Waals surface area contributed by atoms with Crippen molar-refractivity contribution in [3.8, 4) is 5.75 Å². The first kappa shape index (κ1) is 25.1. The number of sulfonamides is 1. The van der Waals surface area contributed by atoms with Crippen molar-refractivity contribution in [1.29, 1.82) is 0 Å². The summed E-state index contributed by atoms with van der Waals surface area (Å²) < 4.78 is 44.6. The van der Waals surface area contributed by atoms with Crippen LogP contribution in [0.3, 0.4) is 0 Å². The summed E-state index contributed by atoms with van der Waals surface area (Å²) in [7, 11) is -0.921. The molecule has 0 radical (unpaired) electrons. The quantitative estimate of drug-likeness (QED) is 0.580. The molecule has 2 aromatic rings. The maximum absolute atomic E-state index is 13.7. The van der Waals surface area contributed by atoms with E-state index in [9.17, 15) is 22.4 Å². The van der Waals surface area contributed by atoms with Crippen LogP contribution in [-0.4, -0.2) is 58.1 Å². The fourth-order valence-corrected chi connectivity index (χ4v) is 4.14. The number of nitrogens with one attached hydrogen (secondary N) is 1. The lowest BCUT2D eigenvalue weighted by Gasteiger charge is -2.32. The lowest BCUT2D eigenvalue weighted by molar-refractivity contribution is -0.140. The molecule has 2 amide bonds. The van der Waals surface area contributed by atoms with Gasteiger partial charge in [-0.15, -0.1) is 0 Å². The first-order chi connectivity index (χ1) is 15.1. The molecule has 0 aliphatic rings. The van der Waals surface area contributed by atoms with Crippen molar-refractivity contribution in [3.05, 3.63) is 59.9 Å². The van der Waals surface area contributed by atoms with Gasteiger partial charge in [-0.2, -0.15) is 0 Å². The van der Waals surface area contributed by atoms with E-state index in [1.54, 1.807) is 31.2 Å². The molecule has 0 unspecified atom stereocenters. The van der Waals surface area contributed by atoms with Crippen molar-refractivity contribution >= 4 is 27.5 Å². The highest BCUT2D eigenvalue weighted by Gasteiger charge is 2.31. The van der Waals surface area contributed by atoms with E-state index in [1.165, 1.54) is 37.3 Å². The third kappa shape index (κ3) is 6.43. The van der Waals surface area contributed by atoms with Crippen molar-refractivity contribution in [2.45, 2.75) is 25.9 Å². The van der Waals surface area contributed by atoms with Crippen LogP contribution >= 0.6 is 0 Å². The summed E-state index contributed by atoms with van der Waals surface area (Å²) in [4.78, 5) is 27.2. The molecule has 0 aliphatic heterocycles. The summed E-state index contributed by atoms with van der Waals surface area (Å²) in [6.45, 7) is 1.23. The van der Waals surface area contributed by atoms with Crippen LogP contribution in [-0.2, 0) is 26.2 Å². The number of nitrogens with zero attached hydrogens (tertiary/aromatic N) is 2. The number of benzene rings is 2. The number of carbonyl (C=O) groups is 2. The van der Waals surface area contributed by atoms with Crippen LogP contribution in [0.1, 0.15) is 18.9 Å². The minimum Gasteiger partial charge on any atom is -0.497 e. The molecule has 0 saturated carbocycles. The van der Waals surface area contributed by atoms with Crippen LogP contribution < -0.4 is 14.4 Å². The SMILES string of the molecule is CC[C@@H](C(=O)NC)N(Cc1cccc(OC)c1)C(=O)CN(c1cccc(F)c1)S(C)(=O)=O. The summed E-state index contributed by atoms with van der Waals surface area (Å²) in [5, 5.41) is 2.54. The normalized spacial score (nSPS) is 12.0. The predicted molar refractivity (Wildman–Crippen MR) is 120 cm³/mol. The number of carbonyl (C=O) groups excluding carboxylic acids is 2. The van der Waals surface area contributed by atoms with Gasteiger partial charge in [-0.1, -0.05) is 25.1 Å². The third-order valence-electron chi connectivity index (χ3n) is 4.89. The largest absolute Gasteiger partial charge is 0.497 e. The van der Waals surface area contributed by atoms with Crippen LogP contribution in [0.4, 0.5) is 10.1 Å². The first-order valence-corrected chi connectivity index (χ1v) is 11.8. The van der Waals surface area contributed by atoms with Gasteiger partial charge in [0.15, 0.2) is 0 Å². The van der Waals surface area contributed by atoms with Gasteiger partial charge in [-0.25, -0.2) is 12.8 Å². The van der Waals surface area contributed by atoms with Gasteiger partial charge in [0, 0.05) is 13.6 Å². The average molecular weight is 466 g/mol. The Balaban J connectivity index is 2.43. The van der Waals surface area contributed by atoms with Gasteiger partial charge in [0.25, 0.3) is 0 Å². The number of halogens is 1. The summed E-state index contributed by atoms with van der Waals surface area (Å²) in [5.41, 5.74) is 0.729. The molecule has 2 aromatic carbocycles. The van der Waals surface area contributed by atoms with E-state index in [-0.39, 0.29) is 18.1 Å². The van der Waals surface area contributed by atoms with Gasteiger partial charge < -0.3 is 15.0 Å². The van der Waals surface area contributed by atoms with E-state index in [2.05, 4.69) is 5.32 Å². The molecule has 0 saturated heterocycles. The fraction of sp³-hybridized carbons (Fsp3) is 0.364. The maximum atomic E-state index is 13.7. The Labute approximate surface area is 188 Å². The van der Waals surface area contributed by atoms with E-state index in [0.717, 1.165) is 16.6 Å². The second-order valence-electron chi connectivity index (χ2n) is 7.16. The second kappa shape index (κ2) is 10.9. The minimum absolute atomic E-state index is 0.0233. The Kier molecular flexibility index (Phi) is 8.59. The lowest BCUT2D eigenvalue weighted by Crippen LogP contribution is -2.51. The molecule has 0 bridgehead atoms. The second-order valence-corrected chi connectivity index (χ2v) is 9.07. The van der Waals surface area contributed by atoms with Crippen LogP contribution in [0.5, 0.6) is 5.75 Å². The van der Waals surface area contributed by atoms with Gasteiger partial charge in [-0.3, -0.25) is 13.9 Å². The van der Waals surface area contributed by atoms with Crippen molar-refractivity contribution in [1.82, 2.24) is 10.2 Å².